The van der Waals surface area contributed by atoms with Crippen molar-refractivity contribution in [2.45, 2.75) is 19.4 Å². The third-order valence-electron chi connectivity index (χ3n) is 3.67. The average Bonchev–Trinajstić information content (AvgIpc) is 2.68. The van der Waals surface area contributed by atoms with E-state index in [0.717, 1.165) is 0 Å². The van der Waals surface area contributed by atoms with E-state index in [4.69, 9.17) is 4.74 Å². The normalized spacial score (nSPS) is 11.3. The van der Waals surface area contributed by atoms with Crippen LogP contribution in [0, 0.1) is 0 Å². The van der Waals surface area contributed by atoms with Crippen molar-refractivity contribution in [1.82, 2.24) is 10.6 Å². The van der Waals surface area contributed by atoms with Crippen molar-refractivity contribution in [3.8, 4) is 0 Å². The van der Waals surface area contributed by atoms with Crippen LogP contribution in [0.25, 0.3) is 0 Å². The maximum Gasteiger partial charge on any atom is 0.328 e. The van der Waals surface area contributed by atoms with Crippen molar-refractivity contribution in [3.63, 3.8) is 0 Å². The van der Waals surface area contributed by atoms with Gasteiger partial charge in [-0.3, -0.25) is 9.59 Å². The number of rotatable bonds is 8. The zero-order valence-electron chi connectivity index (χ0n) is 14.6. The maximum atomic E-state index is 12.3. The van der Waals surface area contributed by atoms with Gasteiger partial charge in [-0.2, -0.15) is 0 Å². The zero-order valence-corrected chi connectivity index (χ0v) is 14.6. The molecule has 2 aromatic carbocycles. The molecule has 0 aliphatic heterocycles. The molecular formula is C20H22N2O4. The van der Waals surface area contributed by atoms with Gasteiger partial charge in [-0.1, -0.05) is 36.4 Å². The van der Waals surface area contributed by atoms with Crippen LogP contribution in [-0.4, -0.2) is 37.0 Å². The van der Waals surface area contributed by atoms with E-state index < -0.39 is 12.0 Å². The first-order valence-corrected chi connectivity index (χ1v) is 8.47. The number of nitrogens with one attached hydrogen (secondary N) is 2. The molecule has 0 aromatic heterocycles. The van der Waals surface area contributed by atoms with Crippen LogP contribution < -0.4 is 10.6 Å². The van der Waals surface area contributed by atoms with Crippen LogP contribution in [0.2, 0.25) is 0 Å². The van der Waals surface area contributed by atoms with E-state index in [2.05, 4.69) is 10.6 Å². The van der Waals surface area contributed by atoms with Crippen molar-refractivity contribution >= 4 is 17.8 Å². The molecule has 0 radical (unpaired) electrons. The number of ether oxygens (including phenoxy) is 1. The van der Waals surface area contributed by atoms with Crippen molar-refractivity contribution in [2.75, 3.05) is 13.2 Å². The fourth-order valence-corrected chi connectivity index (χ4v) is 2.34. The predicted molar refractivity (Wildman–Crippen MR) is 97.7 cm³/mol. The second kappa shape index (κ2) is 9.98. The molecule has 0 aliphatic rings. The molecule has 0 unspecified atom stereocenters. The minimum Gasteiger partial charge on any atom is -0.464 e. The third-order valence-corrected chi connectivity index (χ3v) is 3.67. The summed E-state index contributed by atoms with van der Waals surface area (Å²) in [6.45, 7) is 2.14. The van der Waals surface area contributed by atoms with Gasteiger partial charge in [0, 0.05) is 17.7 Å². The highest BCUT2D eigenvalue weighted by atomic mass is 16.5. The molecule has 0 aliphatic carbocycles. The monoisotopic (exact) mass is 354 g/mol. The lowest BCUT2D eigenvalue weighted by molar-refractivity contribution is -0.145. The predicted octanol–water partition coefficient (Wildman–Crippen LogP) is 2.17. The molecule has 2 N–H and O–H groups in total. The van der Waals surface area contributed by atoms with Crippen molar-refractivity contribution in [3.05, 3.63) is 71.8 Å². The average molecular weight is 354 g/mol. The summed E-state index contributed by atoms with van der Waals surface area (Å²) in [4.78, 5) is 36.4. The second-order valence-corrected chi connectivity index (χ2v) is 5.55. The van der Waals surface area contributed by atoms with Crippen molar-refractivity contribution < 1.29 is 19.1 Å². The van der Waals surface area contributed by atoms with Gasteiger partial charge in [0.05, 0.1) is 6.61 Å². The van der Waals surface area contributed by atoms with Crippen LogP contribution in [0.4, 0.5) is 0 Å². The minimum atomic E-state index is -0.835. The standard InChI is InChI=1S/C20H22N2O4/c1-2-26-20(25)17(22-19(24)16-11-7-4-8-12-16)13-14-21-18(23)15-9-5-3-6-10-15/h3-12,17H,2,13-14H2,1H3,(H,21,23)(H,22,24)/t17-/m1/s1. The van der Waals surface area contributed by atoms with Gasteiger partial charge in [0.2, 0.25) is 0 Å². The molecule has 0 saturated carbocycles. The highest BCUT2D eigenvalue weighted by Gasteiger charge is 2.22. The Morgan fingerprint density at radius 3 is 1.96 bits per heavy atom. The first-order chi connectivity index (χ1) is 12.6. The Morgan fingerprint density at radius 2 is 1.42 bits per heavy atom. The van der Waals surface area contributed by atoms with Gasteiger partial charge in [-0.25, -0.2) is 4.79 Å². The summed E-state index contributed by atoms with van der Waals surface area (Å²) in [5.74, 6) is -1.12. The van der Waals surface area contributed by atoms with Crippen molar-refractivity contribution in [1.29, 1.82) is 0 Å². The summed E-state index contributed by atoms with van der Waals surface area (Å²) >= 11 is 0. The lowest BCUT2D eigenvalue weighted by atomic mass is 10.1. The summed E-state index contributed by atoms with van der Waals surface area (Å²) in [5.41, 5.74) is 0.989. The van der Waals surface area contributed by atoms with Gasteiger partial charge in [-0.05, 0) is 37.6 Å². The summed E-state index contributed by atoms with van der Waals surface area (Å²) in [6.07, 6.45) is 0.232. The van der Waals surface area contributed by atoms with Crippen LogP contribution in [0.15, 0.2) is 60.7 Å². The maximum absolute atomic E-state index is 12.3. The van der Waals surface area contributed by atoms with E-state index in [9.17, 15) is 14.4 Å². The minimum absolute atomic E-state index is 0.215. The molecule has 2 amide bonds. The lowest BCUT2D eigenvalue weighted by Gasteiger charge is -2.17. The van der Waals surface area contributed by atoms with Gasteiger partial charge in [0.25, 0.3) is 11.8 Å². The van der Waals surface area contributed by atoms with E-state index in [0.29, 0.717) is 11.1 Å². The molecule has 2 rings (SSSR count). The largest absolute Gasteiger partial charge is 0.464 e. The Labute approximate surface area is 152 Å². The van der Waals surface area contributed by atoms with E-state index in [-0.39, 0.29) is 31.4 Å². The SMILES string of the molecule is CCOC(=O)[C@@H](CCNC(=O)c1ccccc1)NC(=O)c1ccccc1. The molecule has 1 atom stereocenters. The summed E-state index contributed by atoms with van der Waals surface area (Å²) in [7, 11) is 0. The van der Waals surface area contributed by atoms with Gasteiger partial charge >= 0.3 is 5.97 Å². The number of hydrogen-bond acceptors (Lipinski definition) is 4. The van der Waals surface area contributed by atoms with Crippen molar-refractivity contribution in [2.24, 2.45) is 0 Å². The molecule has 6 nitrogen and oxygen atoms in total. The van der Waals surface area contributed by atoms with E-state index in [1.165, 1.54) is 0 Å². The van der Waals surface area contributed by atoms with Gasteiger partial charge in [-0.15, -0.1) is 0 Å². The Morgan fingerprint density at radius 1 is 0.885 bits per heavy atom. The quantitative estimate of drug-likeness (QED) is 0.712. The van der Waals surface area contributed by atoms with Crippen LogP contribution >= 0.6 is 0 Å². The number of carbonyl (C=O) groups excluding carboxylic acids is 3. The topological polar surface area (TPSA) is 84.5 Å². The summed E-state index contributed by atoms with van der Waals surface area (Å²) in [5, 5.41) is 5.41. The first kappa shape index (κ1) is 19.2. The fourth-order valence-electron chi connectivity index (χ4n) is 2.34. The fraction of sp³-hybridized carbons (Fsp3) is 0.250. The summed E-state index contributed by atoms with van der Waals surface area (Å²) in [6, 6.07) is 16.6. The number of esters is 1. The van der Waals surface area contributed by atoms with Gasteiger partial charge in [0.15, 0.2) is 0 Å². The first-order valence-electron chi connectivity index (χ1n) is 8.47. The summed E-state index contributed by atoms with van der Waals surface area (Å²) < 4.78 is 5.02. The smallest absolute Gasteiger partial charge is 0.328 e. The Bertz CT molecular complexity index is 732. The molecule has 0 bridgehead atoms. The van der Waals surface area contributed by atoms with Gasteiger partial charge in [0.1, 0.15) is 6.04 Å². The molecular weight excluding hydrogens is 332 g/mol. The van der Waals surface area contributed by atoms with E-state index in [1.807, 2.05) is 6.07 Å². The molecule has 2 aromatic rings. The second-order valence-electron chi connectivity index (χ2n) is 5.55. The van der Waals surface area contributed by atoms with Crippen LogP contribution in [0.3, 0.4) is 0 Å². The number of benzene rings is 2. The lowest BCUT2D eigenvalue weighted by Crippen LogP contribution is -2.44. The number of carbonyl (C=O) groups is 3. The van der Waals surface area contributed by atoms with E-state index in [1.54, 1.807) is 61.5 Å². The molecule has 136 valence electrons. The highest BCUT2D eigenvalue weighted by molar-refractivity contribution is 5.97. The Balaban J connectivity index is 1.93. The molecule has 26 heavy (non-hydrogen) atoms. The Kier molecular flexibility index (Phi) is 7.36. The highest BCUT2D eigenvalue weighted by Crippen LogP contribution is 2.03. The molecule has 0 heterocycles. The third kappa shape index (κ3) is 5.73. The van der Waals surface area contributed by atoms with Crippen LogP contribution in [0.1, 0.15) is 34.1 Å². The Hall–Kier alpha value is -3.15. The number of hydrogen-bond donors (Lipinski definition) is 2. The van der Waals surface area contributed by atoms with Crippen LogP contribution in [0.5, 0.6) is 0 Å². The number of amides is 2. The molecule has 0 spiro atoms. The molecule has 6 heteroatoms. The van der Waals surface area contributed by atoms with Gasteiger partial charge < -0.3 is 15.4 Å². The van der Waals surface area contributed by atoms with Crippen LogP contribution in [-0.2, 0) is 9.53 Å². The van der Waals surface area contributed by atoms with E-state index >= 15 is 0 Å². The zero-order chi connectivity index (χ0) is 18.8. The molecule has 0 fully saturated rings. The molecule has 0 saturated heterocycles.